The van der Waals surface area contributed by atoms with E-state index in [0.29, 0.717) is 19.3 Å². The minimum atomic E-state index is -0.773. The van der Waals surface area contributed by atoms with Gasteiger partial charge in [0.2, 0.25) is 0 Å². The van der Waals surface area contributed by atoms with Gasteiger partial charge in [0.1, 0.15) is 13.2 Å². The van der Waals surface area contributed by atoms with Gasteiger partial charge in [-0.3, -0.25) is 14.4 Å². The summed E-state index contributed by atoms with van der Waals surface area (Å²) >= 11 is 0. The Morgan fingerprint density at radius 2 is 0.487 bits per heavy atom. The van der Waals surface area contributed by atoms with Gasteiger partial charge in [-0.15, -0.1) is 0 Å². The van der Waals surface area contributed by atoms with Crippen molar-refractivity contribution >= 4 is 17.9 Å². The van der Waals surface area contributed by atoms with Gasteiger partial charge in [-0.05, 0) is 64.2 Å². The number of unbranched alkanes of at least 4 members (excludes halogenated alkanes) is 44. The van der Waals surface area contributed by atoms with Crippen LogP contribution in [0.3, 0.4) is 0 Å². The normalized spacial score (nSPS) is 12.4. The summed E-state index contributed by atoms with van der Waals surface area (Å²) < 4.78 is 17.0. The number of hydrogen-bond donors (Lipinski definition) is 0. The topological polar surface area (TPSA) is 78.9 Å². The van der Waals surface area contributed by atoms with Crippen LogP contribution in [0.4, 0.5) is 0 Å². The highest BCUT2D eigenvalue weighted by atomic mass is 16.6. The molecule has 0 fully saturated rings. The molecule has 466 valence electrons. The average molecular weight is 1120 g/mol. The van der Waals surface area contributed by atoms with Crippen LogP contribution in [0.5, 0.6) is 0 Å². The van der Waals surface area contributed by atoms with Crippen LogP contribution in [0, 0.1) is 0 Å². The first-order chi connectivity index (χ1) is 39.5. The molecule has 0 N–H and O–H groups in total. The summed E-state index contributed by atoms with van der Waals surface area (Å²) in [7, 11) is 0. The third kappa shape index (κ3) is 65.9. The van der Waals surface area contributed by atoms with Gasteiger partial charge in [0.25, 0.3) is 0 Å². The first-order valence-electron chi connectivity index (χ1n) is 35.3. The highest BCUT2D eigenvalue weighted by molar-refractivity contribution is 5.71. The first kappa shape index (κ1) is 77.1. The molecular formula is C74H134O6. The van der Waals surface area contributed by atoms with Crippen LogP contribution < -0.4 is 0 Å². The maximum Gasteiger partial charge on any atom is 0.306 e. The van der Waals surface area contributed by atoms with E-state index in [4.69, 9.17) is 14.2 Å². The summed E-state index contributed by atoms with van der Waals surface area (Å²) in [6, 6.07) is 0. The number of carbonyl (C=O) groups excluding carboxylic acids is 3. The second-order valence-corrected chi connectivity index (χ2v) is 23.8. The van der Waals surface area contributed by atoms with E-state index in [0.717, 1.165) is 89.9 Å². The third-order valence-corrected chi connectivity index (χ3v) is 15.8. The lowest BCUT2D eigenvalue weighted by Gasteiger charge is -2.18. The summed E-state index contributed by atoms with van der Waals surface area (Å²) in [4.78, 5) is 38.5. The van der Waals surface area contributed by atoms with Gasteiger partial charge in [0.15, 0.2) is 6.10 Å². The SMILES string of the molecule is CC/C=C\C/C=C\C/C=C\C/C=C\C/C=C\CCCCCCCCCCCCCC(=O)OCC(COC(=O)CCCCCCCCCCCCCCCCC)OC(=O)CCCCCCCCCCCCCCCCCCCCCC. The third-order valence-electron chi connectivity index (χ3n) is 15.8. The van der Waals surface area contributed by atoms with Crippen molar-refractivity contribution in [3.63, 3.8) is 0 Å². The fourth-order valence-corrected chi connectivity index (χ4v) is 10.5. The van der Waals surface area contributed by atoms with Crippen LogP contribution in [0.25, 0.3) is 0 Å². The van der Waals surface area contributed by atoms with E-state index < -0.39 is 6.10 Å². The summed E-state index contributed by atoms with van der Waals surface area (Å²) in [5.41, 5.74) is 0. The van der Waals surface area contributed by atoms with Crippen LogP contribution >= 0.6 is 0 Å². The highest BCUT2D eigenvalue weighted by Crippen LogP contribution is 2.18. The maximum absolute atomic E-state index is 13.0. The number of rotatable bonds is 65. The zero-order valence-electron chi connectivity index (χ0n) is 53.6. The summed E-state index contributed by atoms with van der Waals surface area (Å²) in [5, 5.41) is 0. The molecule has 0 heterocycles. The van der Waals surface area contributed by atoms with Crippen molar-refractivity contribution in [2.24, 2.45) is 0 Å². The molecule has 80 heavy (non-hydrogen) atoms. The minimum Gasteiger partial charge on any atom is -0.462 e. The van der Waals surface area contributed by atoms with Gasteiger partial charge in [-0.2, -0.15) is 0 Å². The first-order valence-corrected chi connectivity index (χ1v) is 35.3. The molecule has 6 heteroatoms. The lowest BCUT2D eigenvalue weighted by atomic mass is 10.0. The predicted octanol–water partition coefficient (Wildman–Crippen LogP) is 24.3. The molecule has 0 aliphatic rings. The van der Waals surface area contributed by atoms with Crippen LogP contribution in [-0.2, 0) is 28.6 Å². The molecule has 0 aliphatic heterocycles. The molecule has 0 saturated heterocycles. The molecule has 0 saturated carbocycles. The highest BCUT2D eigenvalue weighted by Gasteiger charge is 2.19. The van der Waals surface area contributed by atoms with Crippen molar-refractivity contribution < 1.29 is 28.6 Å². The van der Waals surface area contributed by atoms with Crippen molar-refractivity contribution in [3.8, 4) is 0 Å². The van der Waals surface area contributed by atoms with Gasteiger partial charge < -0.3 is 14.2 Å². The largest absolute Gasteiger partial charge is 0.462 e. The van der Waals surface area contributed by atoms with Gasteiger partial charge >= 0.3 is 17.9 Å². The number of carbonyl (C=O) groups is 3. The standard InChI is InChI=1S/C74H134O6/c1-4-7-10-13-16-19-22-25-28-30-32-34-35-36-37-38-39-40-42-43-46-49-52-55-58-61-64-67-73(76)79-70-71(69-78-72(75)66-63-60-57-54-51-48-45-27-24-21-18-15-12-9-6-3)80-74(77)68-65-62-59-56-53-50-47-44-41-33-31-29-26-23-20-17-14-11-8-5-2/h7,10,16,19,25,28,32,34,36-37,71H,4-6,8-9,11-15,17-18,20-24,26-27,29-31,33,35,38-70H2,1-3H3/b10-7-,19-16-,28-25-,34-32-,37-36-. The Morgan fingerprint density at radius 1 is 0.263 bits per heavy atom. The van der Waals surface area contributed by atoms with E-state index in [-0.39, 0.29) is 31.1 Å². The summed E-state index contributed by atoms with van der Waals surface area (Å²) in [6.07, 6.45) is 88.1. The molecule has 0 radical (unpaired) electrons. The van der Waals surface area contributed by atoms with Gasteiger partial charge in [0.05, 0.1) is 0 Å². The Morgan fingerprint density at radius 3 is 0.762 bits per heavy atom. The Labute approximate surface area is 498 Å². The molecule has 0 aromatic carbocycles. The maximum atomic E-state index is 13.0. The number of allylic oxidation sites excluding steroid dienone is 10. The van der Waals surface area contributed by atoms with E-state index in [2.05, 4.69) is 81.5 Å². The Bertz CT molecular complexity index is 1430. The summed E-state index contributed by atoms with van der Waals surface area (Å²) in [5.74, 6) is -0.844. The molecule has 0 amide bonds. The van der Waals surface area contributed by atoms with E-state index in [1.54, 1.807) is 0 Å². The number of hydrogen-bond acceptors (Lipinski definition) is 6. The Hall–Kier alpha value is -2.89. The fraction of sp³-hybridized carbons (Fsp3) is 0.824. The van der Waals surface area contributed by atoms with Crippen molar-refractivity contribution in [3.05, 3.63) is 60.8 Å². The van der Waals surface area contributed by atoms with Crippen molar-refractivity contribution in [1.82, 2.24) is 0 Å². The van der Waals surface area contributed by atoms with E-state index in [1.807, 2.05) is 0 Å². The zero-order chi connectivity index (χ0) is 57.8. The Kier molecular flexibility index (Phi) is 66.1. The smallest absolute Gasteiger partial charge is 0.306 e. The van der Waals surface area contributed by atoms with Crippen LogP contribution in [0.15, 0.2) is 60.8 Å². The van der Waals surface area contributed by atoms with Gasteiger partial charge in [-0.25, -0.2) is 0 Å². The summed E-state index contributed by atoms with van der Waals surface area (Å²) in [6.45, 7) is 6.60. The zero-order valence-corrected chi connectivity index (χ0v) is 53.6. The molecule has 0 spiro atoms. The fourth-order valence-electron chi connectivity index (χ4n) is 10.5. The monoisotopic (exact) mass is 1120 g/mol. The molecular weight excluding hydrogens is 985 g/mol. The number of ether oxygens (including phenoxy) is 3. The molecule has 1 unspecified atom stereocenters. The molecule has 0 aromatic heterocycles. The quantitative estimate of drug-likeness (QED) is 0.0261. The second-order valence-electron chi connectivity index (χ2n) is 23.8. The predicted molar refractivity (Wildman–Crippen MR) is 348 cm³/mol. The van der Waals surface area contributed by atoms with Crippen LogP contribution in [0.2, 0.25) is 0 Å². The van der Waals surface area contributed by atoms with Crippen molar-refractivity contribution in [2.75, 3.05) is 13.2 Å². The van der Waals surface area contributed by atoms with Gasteiger partial charge in [-0.1, -0.05) is 351 Å². The van der Waals surface area contributed by atoms with Crippen molar-refractivity contribution in [2.45, 2.75) is 380 Å². The minimum absolute atomic E-state index is 0.0685. The molecule has 0 aromatic rings. The second kappa shape index (κ2) is 68.6. The van der Waals surface area contributed by atoms with Crippen molar-refractivity contribution in [1.29, 1.82) is 0 Å². The van der Waals surface area contributed by atoms with E-state index in [1.165, 1.54) is 244 Å². The molecule has 1 atom stereocenters. The van der Waals surface area contributed by atoms with Gasteiger partial charge in [0, 0.05) is 19.3 Å². The van der Waals surface area contributed by atoms with Crippen LogP contribution in [-0.4, -0.2) is 37.2 Å². The lowest BCUT2D eigenvalue weighted by Crippen LogP contribution is -2.30. The molecule has 6 nitrogen and oxygen atoms in total. The molecule has 0 aliphatic carbocycles. The molecule has 0 rings (SSSR count). The van der Waals surface area contributed by atoms with E-state index in [9.17, 15) is 14.4 Å². The average Bonchev–Trinajstić information content (AvgIpc) is 3.46. The lowest BCUT2D eigenvalue weighted by molar-refractivity contribution is -0.167. The Balaban J connectivity index is 4.28. The number of esters is 3. The van der Waals surface area contributed by atoms with E-state index >= 15 is 0 Å². The molecule has 0 bridgehead atoms. The van der Waals surface area contributed by atoms with Crippen LogP contribution in [0.1, 0.15) is 374 Å².